The Morgan fingerprint density at radius 1 is 1.53 bits per heavy atom. The molecule has 0 spiro atoms. The second kappa shape index (κ2) is 5.19. The molecule has 100 valence electrons. The zero-order valence-corrected chi connectivity index (χ0v) is 11.0. The van der Waals surface area contributed by atoms with Crippen molar-refractivity contribution < 1.29 is 4.92 Å². The Labute approximate surface area is 113 Å². The molecule has 0 amide bonds. The molecule has 0 aliphatic heterocycles. The van der Waals surface area contributed by atoms with Crippen LogP contribution in [0, 0.1) is 17.0 Å². The number of anilines is 1. The fourth-order valence-corrected chi connectivity index (χ4v) is 1.85. The number of nitro groups is 1. The molecule has 2 rings (SSSR count). The molecule has 8 nitrogen and oxygen atoms in total. The zero-order valence-electron chi connectivity index (χ0n) is 10.2. The van der Waals surface area contributed by atoms with Crippen LogP contribution in [0.1, 0.15) is 24.2 Å². The van der Waals surface area contributed by atoms with Gasteiger partial charge in [-0.3, -0.25) is 15.2 Å². The standard InChI is InChI=1S/C10H11ClN6O2/c1-5(7-3-12-13-4-7)14-9-8(17(18)19)6(2)15-10(11)16-9/h3-5H,1-2H3,(H,12,13)(H,14,15,16). The molecule has 0 saturated heterocycles. The van der Waals surface area contributed by atoms with E-state index in [2.05, 4.69) is 25.5 Å². The van der Waals surface area contributed by atoms with Crippen LogP contribution in [0.5, 0.6) is 0 Å². The van der Waals surface area contributed by atoms with Gasteiger partial charge in [-0.1, -0.05) is 0 Å². The molecule has 1 unspecified atom stereocenters. The van der Waals surface area contributed by atoms with Crippen molar-refractivity contribution >= 4 is 23.1 Å². The van der Waals surface area contributed by atoms with Crippen LogP contribution in [0.3, 0.4) is 0 Å². The van der Waals surface area contributed by atoms with Gasteiger partial charge in [0.15, 0.2) is 0 Å². The van der Waals surface area contributed by atoms with Gasteiger partial charge in [-0.05, 0) is 25.4 Å². The molecule has 0 saturated carbocycles. The fraction of sp³-hybridized carbons (Fsp3) is 0.300. The lowest BCUT2D eigenvalue weighted by Gasteiger charge is -2.13. The summed E-state index contributed by atoms with van der Waals surface area (Å²) >= 11 is 5.73. The molecule has 0 fully saturated rings. The molecular weight excluding hydrogens is 272 g/mol. The first kappa shape index (κ1) is 13.2. The molecule has 0 aliphatic carbocycles. The third-order valence-electron chi connectivity index (χ3n) is 2.59. The summed E-state index contributed by atoms with van der Waals surface area (Å²) in [5.41, 5.74) is 0.883. The van der Waals surface area contributed by atoms with E-state index >= 15 is 0 Å². The summed E-state index contributed by atoms with van der Waals surface area (Å²) in [5, 5.41) is 20.4. The van der Waals surface area contributed by atoms with Crippen molar-refractivity contribution in [3.05, 3.63) is 39.0 Å². The van der Waals surface area contributed by atoms with Crippen LogP contribution in [0.2, 0.25) is 5.28 Å². The van der Waals surface area contributed by atoms with E-state index in [-0.39, 0.29) is 28.5 Å². The van der Waals surface area contributed by atoms with Crippen LogP contribution < -0.4 is 5.32 Å². The van der Waals surface area contributed by atoms with Gasteiger partial charge in [0.2, 0.25) is 11.1 Å². The maximum Gasteiger partial charge on any atom is 0.332 e. The van der Waals surface area contributed by atoms with E-state index in [4.69, 9.17) is 11.6 Å². The monoisotopic (exact) mass is 282 g/mol. The summed E-state index contributed by atoms with van der Waals surface area (Å²) in [6.45, 7) is 3.35. The molecule has 0 radical (unpaired) electrons. The van der Waals surface area contributed by atoms with Gasteiger partial charge in [0.25, 0.3) is 0 Å². The fourth-order valence-electron chi connectivity index (χ4n) is 1.64. The Kier molecular flexibility index (Phi) is 3.61. The highest BCUT2D eigenvalue weighted by Gasteiger charge is 2.23. The first-order valence-electron chi connectivity index (χ1n) is 5.42. The van der Waals surface area contributed by atoms with Gasteiger partial charge in [-0.2, -0.15) is 10.1 Å². The lowest BCUT2D eigenvalue weighted by atomic mass is 10.2. The number of hydrogen-bond acceptors (Lipinski definition) is 6. The summed E-state index contributed by atoms with van der Waals surface area (Å²) in [4.78, 5) is 18.2. The van der Waals surface area contributed by atoms with Gasteiger partial charge in [0, 0.05) is 11.8 Å². The number of H-pyrrole nitrogens is 1. The molecule has 2 heterocycles. The zero-order chi connectivity index (χ0) is 14.0. The van der Waals surface area contributed by atoms with Gasteiger partial charge in [0.05, 0.1) is 17.2 Å². The molecule has 0 aliphatic rings. The number of halogens is 1. The Balaban J connectivity index is 2.36. The largest absolute Gasteiger partial charge is 0.358 e. The number of aryl methyl sites for hydroxylation is 1. The van der Waals surface area contributed by atoms with Crippen molar-refractivity contribution in [1.29, 1.82) is 0 Å². The van der Waals surface area contributed by atoms with E-state index in [9.17, 15) is 10.1 Å². The molecule has 2 aromatic rings. The highest BCUT2D eigenvalue weighted by Crippen LogP contribution is 2.29. The van der Waals surface area contributed by atoms with Crippen LogP contribution in [0.15, 0.2) is 12.4 Å². The Hall–Kier alpha value is -2.22. The minimum absolute atomic E-state index is 0.0370. The minimum Gasteiger partial charge on any atom is -0.358 e. The van der Waals surface area contributed by atoms with Crippen LogP contribution in [0.25, 0.3) is 0 Å². The van der Waals surface area contributed by atoms with Crippen molar-refractivity contribution in [2.45, 2.75) is 19.9 Å². The third-order valence-corrected chi connectivity index (χ3v) is 2.76. The van der Waals surface area contributed by atoms with Gasteiger partial charge >= 0.3 is 5.69 Å². The van der Waals surface area contributed by atoms with Crippen LogP contribution in [-0.4, -0.2) is 25.1 Å². The van der Waals surface area contributed by atoms with Gasteiger partial charge in [0.1, 0.15) is 5.69 Å². The highest BCUT2D eigenvalue weighted by atomic mass is 35.5. The van der Waals surface area contributed by atoms with Gasteiger partial charge in [-0.15, -0.1) is 0 Å². The van der Waals surface area contributed by atoms with Crippen LogP contribution >= 0.6 is 11.6 Å². The molecule has 0 bridgehead atoms. The van der Waals surface area contributed by atoms with Crippen molar-refractivity contribution in [3.8, 4) is 0 Å². The summed E-state index contributed by atoms with van der Waals surface area (Å²) in [7, 11) is 0. The second-order valence-electron chi connectivity index (χ2n) is 3.93. The van der Waals surface area contributed by atoms with Crippen LogP contribution in [-0.2, 0) is 0 Å². The van der Waals surface area contributed by atoms with Crippen molar-refractivity contribution in [3.63, 3.8) is 0 Å². The first-order valence-corrected chi connectivity index (χ1v) is 5.80. The number of nitrogens with zero attached hydrogens (tertiary/aromatic N) is 4. The SMILES string of the molecule is Cc1nc(Cl)nc(NC(C)c2cn[nH]c2)c1[N+](=O)[O-]. The summed E-state index contributed by atoms with van der Waals surface area (Å²) in [6, 6.07) is -0.206. The number of aromatic amines is 1. The summed E-state index contributed by atoms with van der Waals surface area (Å²) in [5.74, 6) is 0.0937. The smallest absolute Gasteiger partial charge is 0.332 e. The van der Waals surface area contributed by atoms with Crippen LogP contribution in [0.4, 0.5) is 11.5 Å². The molecule has 1 atom stereocenters. The summed E-state index contributed by atoms with van der Waals surface area (Å²) < 4.78 is 0. The average Bonchev–Trinajstić information content (AvgIpc) is 2.80. The lowest BCUT2D eigenvalue weighted by Crippen LogP contribution is -2.11. The topological polar surface area (TPSA) is 110 Å². The van der Waals surface area contributed by atoms with E-state index in [1.807, 2.05) is 6.92 Å². The third kappa shape index (κ3) is 2.79. The van der Waals surface area contributed by atoms with E-state index < -0.39 is 4.92 Å². The normalized spacial score (nSPS) is 12.2. The first-order chi connectivity index (χ1) is 8.99. The minimum atomic E-state index is -0.532. The predicted molar refractivity (Wildman–Crippen MR) is 69.1 cm³/mol. The lowest BCUT2D eigenvalue weighted by molar-refractivity contribution is -0.385. The molecular formula is C10H11ClN6O2. The molecule has 0 aromatic carbocycles. The predicted octanol–water partition coefficient (Wildman–Crippen LogP) is 2.24. The average molecular weight is 283 g/mol. The van der Waals surface area contributed by atoms with E-state index in [1.165, 1.54) is 6.92 Å². The van der Waals surface area contributed by atoms with Gasteiger partial charge in [-0.25, -0.2) is 4.98 Å². The summed E-state index contributed by atoms with van der Waals surface area (Å²) in [6.07, 6.45) is 3.32. The maximum absolute atomic E-state index is 11.0. The molecule has 2 aromatic heterocycles. The van der Waals surface area contributed by atoms with Crippen molar-refractivity contribution in [1.82, 2.24) is 20.2 Å². The number of aromatic nitrogens is 4. The van der Waals surface area contributed by atoms with E-state index in [0.717, 1.165) is 5.56 Å². The second-order valence-corrected chi connectivity index (χ2v) is 4.27. The Bertz CT molecular complexity index is 600. The van der Waals surface area contributed by atoms with Gasteiger partial charge < -0.3 is 5.32 Å². The van der Waals surface area contributed by atoms with E-state index in [0.29, 0.717) is 0 Å². The van der Waals surface area contributed by atoms with Crippen molar-refractivity contribution in [2.75, 3.05) is 5.32 Å². The number of rotatable bonds is 4. The quantitative estimate of drug-likeness (QED) is 0.505. The van der Waals surface area contributed by atoms with E-state index in [1.54, 1.807) is 12.4 Å². The Morgan fingerprint density at radius 2 is 2.26 bits per heavy atom. The number of hydrogen-bond donors (Lipinski definition) is 2. The molecule has 2 N–H and O–H groups in total. The number of nitrogens with one attached hydrogen (secondary N) is 2. The van der Waals surface area contributed by atoms with Crippen molar-refractivity contribution in [2.24, 2.45) is 0 Å². The Morgan fingerprint density at radius 3 is 2.84 bits per heavy atom. The highest BCUT2D eigenvalue weighted by molar-refractivity contribution is 6.28. The molecule has 19 heavy (non-hydrogen) atoms. The maximum atomic E-state index is 11.0. The molecule has 9 heteroatoms.